The zero-order valence-electron chi connectivity index (χ0n) is 15.7. The van der Waals surface area contributed by atoms with Crippen molar-refractivity contribution in [3.8, 4) is 17.2 Å². The fourth-order valence-corrected chi connectivity index (χ4v) is 3.23. The number of aromatic nitrogens is 2. The third kappa shape index (κ3) is 5.14. The number of ether oxygens (including phenoxy) is 2. The highest BCUT2D eigenvalue weighted by atomic mass is 32.2. The van der Waals surface area contributed by atoms with E-state index in [2.05, 4.69) is 10.3 Å². The van der Waals surface area contributed by atoms with Crippen LogP contribution >= 0.6 is 11.8 Å². The van der Waals surface area contributed by atoms with E-state index in [0.29, 0.717) is 22.9 Å². The average molecular weight is 415 g/mol. The number of halogens is 1. The lowest BCUT2D eigenvalue weighted by atomic mass is 10.2. The topological polar surface area (TPSA) is 82.5 Å². The molecule has 0 atom stereocenters. The second kappa shape index (κ2) is 9.24. The van der Waals surface area contributed by atoms with Gasteiger partial charge in [-0.15, -0.1) is 0 Å². The number of rotatable bonds is 7. The molecule has 2 aromatic carbocycles. The van der Waals surface area contributed by atoms with Gasteiger partial charge in [-0.3, -0.25) is 14.2 Å². The summed E-state index contributed by atoms with van der Waals surface area (Å²) in [6, 6.07) is 10.7. The molecule has 0 aliphatic carbocycles. The molecule has 3 aromatic rings. The van der Waals surface area contributed by atoms with Crippen LogP contribution in [0.3, 0.4) is 0 Å². The van der Waals surface area contributed by atoms with Crippen molar-refractivity contribution in [3.63, 3.8) is 0 Å². The minimum atomic E-state index is -0.450. The maximum absolute atomic E-state index is 13.4. The first kappa shape index (κ1) is 20.4. The molecule has 0 aliphatic heterocycles. The Morgan fingerprint density at radius 1 is 1.17 bits per heavy atom. The number of benzene rings is 2. The van der Waals surface area contributed by atoms with Crippen LogP contribution in [0.2, 0.25) is 0 Å². The van der Waals surface area contributed by atoms with Crippen LogP contribution in [-0.2, 0) is 4.79 Å². The maximum atomic E-state index is 13.4. The molecule has 0 saturated carbocycles. The van der Waals surface area contributed by atoms with Gasteiger partial charge < -0.3 is 14.8 Å². The number of nitrogens with one attached hydrogen (secondary N) is 1. The van der Waals surface area contributed by atoms with Gasteiger partial charge >= 0.3 is 0 Å². The largest absolute Gasteiger partial charge is 0.497 e. The van der Waals surface area contributed by atoms with E-state index in [1.54, 1.807) is 24.3 Å². The standard InChI is InChI=1S/C20H18FN3O4S/c1-27-16-9-14(10-17(11-16)28-2)23-18(25)12-29-19-20(26)24(7-6-22-19)15-5-3-4-13(21)8-15/h3-11H,12H2,1-2H3,(H,23,25). The van der Waals surface area contributed by atoms with Gasteiger partial charge in [-0.1, -0.05) is 17.8 Å². The Balaban J connectivity index is 1.71. The summed E-state index contributed by atoms with van der Waals surface area (Å²) < 4.78 is 25.1. The van der Waals surface area contributed by atoms with Crippen LogP contribution in [0, 0.1) is 5.82 Å². The number of hydrogen-bond donors (Lipinski definition) is 1. The summed E-state index contributed by atoms with van der Waals surface area (Å²) in [6.07, 6.45) is 2.88. The van der Waals surface area contributed by atoms with Crippen molar-refractivity contribution in [2.24, 2.45) is 0 Å². The van der Waals surface area contributed by atoms with E-state index in [-0.39, 0.29) is 16.7 Å². The number of hydrogen-bond acceptors (Lipinski definition) is 6. The van der Waals surface area contributed by atoms with Gasteiger partial charge in [-0.25, -0.2) is 9.37 Å². The quantitative estimate of drug-likeness (QED) is 0.597. The molecule has 29 heavy (non-hydrogen) atoms. The molecule has 3 rings (SSSR count). The molecule has 0 fully saturated rings. The molecule has 0 radical (unpaired) electrons. The highest BCUT2D eigenvalue weighted by molar-refractivity contribution is 7.99. The van der Waals surface area contributed by atoms with E-state index >= 15 is 0 Å². The summed E-state index contributed by atoms with van der Waals surface area (Å²) >= 11 is 0.995. The fraction of sp³-hybridized carbons (Fsp3) is 0.150. The zero-order valence-corrected chi connectivity index (χ0v) is 16.5. The van der Waals surface area contributed by atoms with Gasteiger partial charge in [0.05, 0.1) is 25.7 Å². The normalized spacial score (nSPS) is 10.4. The smallest absolute Gasteiger partial charge is 0.287 e. The summed E-state index contributed by atoms with van der Waals surface area (Å²) in [7, 11) is 3.03. The van der Waals surface area contributed by atoms with E-state index in [4.69, 9.17) is 9.47 Å². The van der Waals surface area contributed by atoms with Gasteiger partial charge in [0.15, 0.2) is 5.03 Å². The van der Waals surface area contributed by atoms with E-state index < -0.39 is 11.4 Å². The Labute approximate surface area is 170 Å². The van der Waals surface area contributed by atoms with Crippen molar-refractivity contribution < 1.29 is 18.7 Å². The molecule has 1 amide bonds. The fourth-order valence-electron chi connectivity index (χ4n) is 2.53. The summed E-state index contributed by atoms with van der Waals surface area (Å²) in [4.78, 5) is 28.9. The van der Waals surface area contributed by atoms with Crippen molar-refractivity contribution in [1.82, 2.24) is 9.55 Å². The first-order chi connectivity index (χ1) is 14.0. The monoisotopic (exact) mass is 415 g/mol. The Morgan fingerprint density at radius 3 is 2.55 bits per heavy atom. The summed E-state index contributed by atoms with van der Waals surface area (Å²) in [6.45, 7) is 0. The summed E-state index contributed by atoms with van der Waals surface area (Å²) in [5.74, 6) is 0.265. The Kier molecular flexibility index (Phi) is 6.50. The molecule has 9 heteroatoms. The van der Waals surface area contributed by atoms with E-state index in [1.807, 2.05) is 0 Å². The number of anilines is 1. The molecule has 0 saturated heterocycles. The van der Waals surface area contributed by atoms with Gasteiger partial charge in [0.2, 0.25) is 5.91 Å². The first-order valence-electron chi connectivity index (χ1n) is 8.49. The number of thioether (sulfide) groups is 1. The molecule has 0 aliphatic rings. The molecule has 1 aromatic heterocycles. The molecular weight excluding hydrogens is 397 g/mol. The predicted octanol–water partition coefficient (Wildman–Crippen LogP) is 3.12. The van der Waals surface area contributed by atoms with Crippen LogP contribution < -0.4 is 20.3 Å². The molecular formula is C20H18FN3O4S. The number of methoxy groups -OCH3 is 2. The van der Waals surface area contributed by atoms with Gasteiger partial charge in [0.25, 0.3) is 5.56 Å². The average Bonchev–Trinajstić information content (AvgIpc) is 2.72. The van der Waals surface area contributed by atoms with Crippen LogP contribution in [0.4, 0.5) is 10.1 Å². The lowest BCUT2D eigenvalue weighted by Gasteiger charge is -2.10. The molecule has 1 N–H and O–H groups in total. The van der Waals surface area contributed by atoms with Crippen LogP contribution in [0.15, 0.2) is 64.7 Å². The number of nitrogens with zero attached hydrogens (tertiary/aromatic N) is 2. The lowest BCUT2D eigenvalue weighted by Crippen LogP contribution is -2.22. The molecule has 0 unspecified atom stereocenters. The Hall–Kier alpha value is -3.33. The van der Waals surface area contributed by atoms with Crippen molar-refractivity contribution in [2.45, 2.75) is 5.03 Å². The third-order valence-electron chi connectivity index (χ3n) is 3.87. The molecule has 7 nitrogen and oxygen atoms in total. The van der Waals surface area contributed by atoms with E-state index in [0.717, 1.165) is 11.8 Å². The minimum Gasteiger partial charge on any atom is -0.497 e. The van der Waals surface area contributed by atoms with Crippen molar-refractivity contribution in [3.05, 3.63) is 71.0 Å². The van der Waals surface area contributed by atoms with Crippen molar-refractivity contribution in [2.75, 3.05) is 25.3 Å². The third-order valence-corrected chi connectivity index (χ3v) is 4.83. The highest BCUT2D eigenvalue weighted by Gasteiger charge is 2.12. The van der Waals surface area contributed by atoms with Crippen molar-refractivity contribution >= 4 is 23.4 Å². The second-order valence-electron chi connectivity index (χ2n) is 5.83. The highest BCUT2D eigenvalue weighted by Crippen LogP contribution is 2.26. The van der Waals surface area contributed by atoms with Crippen LogP contribution in [0.5, 0.6) is 11.5 Å². The summed E-state index contributed by atoms with van der Waals surface area (Å²) in [5.41, 5.74) is 0.455. The first-order valence-corrected chi connectivity index (χ1v) is 9.48. The van der Waals surface area contributed by atoms with Crippen LogP contribution in [-0.4, -0.2) is 35.4 Å². The maximum Gasteiger partial charge on any atom is 0.287 e. The van der Waals surface area contributed by atoms with Gasteiger partial charge in [-0.2, -0.15) is 0 Å². The molecule has 0 bridgehead atoms. The van der Waals surface area contributed by atoms with Crippen LogP contribution in [0.1, 0.15) is 0 Å². The number of carbonyl (C=O) groups excluding carboxylic acids is 1. The molecule has 1 heterocycles. The van der Waals surface area contributed by atoms with Gasteiger partial charge in [0.1, 0.15) is 17.3 Å². The number of carbonyl (C=O) groups is 1. The zero-order chi connectivity index (χ0) is 20.8. The number of amides is 1. The molecule has 150 valence electrons. The SMILES string of the molecule is COc1cc(NC(=O)CSc2nccn(-c3cccc(F)c3)c2=O)cc(OC)c1. The lowest BCUT2D eigenvalue weighted by molar-refractivity contribution is -0.113. The predicted molar refractivity (Wildman–Crippen MR) is 109 cm³/mol. The van der Waals surface area contributed by atoms with Gasteiger partial charge in [-0.05, 0) is 18.2 Å². The Bertz CT molecular complexity index is 1070. The van der Waals surface area contributed by atoms with E-state index in [9.17, 15) is 14.0 Å². The van der Waals surface area contributed by atoms with Gasteiger partial charge in [0, 0.05) is 36.3 Å². The minimum absolute atomic E-state index is 0.0328. The molecule has 0 spiro atoms. The van der Waals surface area contributed by atoms with Crippen LogP contribution in [0.25, 0.3) is 5.69 Å². The Morgan fingerprint density at radius 2 is 1.90 bits per heavy atom. The second-order valence-corrected chi connectivity index (χ2v) is 6.79. The van der Waals surface area contributed by atoms with E-state index in [1.165, 1.54) is 49.4 Å². The van der Waals surface area contributed by atoms with Crippen molar-refractivity contribution in [1.29, 1.82) is 0 Å². The summed E-state index contributed by atoms with van der Waals surface area (Å²) in [5, 5.41) is 2.86.